The van der Waals surface area contributed by atoms with Crippen molar-refractivity contribution in [3.8, 4) is 0 Å². The molecule has 126 valence electrons. The molecule has 0 bridgehead atoms. The van der Waals surface area contributed by atoms with E-state index in [-0.39, 0.29) is 29.9 Å². The van der Waals surface area contributed by atoms with Crippen molar-refractivity contribution in [1.29, 1.82) is 0 Å². The van der Waals surface area contributed by atoms with E-state index in [0.29, 0.717) is 25.0 Å². The Morgan fingerprint density at radius 3 is 2.41 bits per heavy atom. The van der Waals surface area contributed by atoms with Crippen LogP contribution in [-0.4, -0.2) is 37.5 Å². The molecule has 0 heterocycles. The number of amides is 1. The molecule has 1 amide bonds. The van der Waals surface area contributed by atoms with E-state index >= 15 is 0 Å². The molecule has 0 aromatic rings. The average Bonchev–Trinajstić information content (AvgIpc) is 3.00. The van der Waals surface area contributed by atoms with Crippen LogP contribution in [0, 0.1) is 0 Å². The maximum absolute atomic E-state index is 11.9. The fraction of sp³-hybridized carbons (Fsp3) is 0.750. The summed E-state index contributed by atoms with van der Waals surface area (Å²) in [4.78, 5) is 16.1. The number of hydrogen-bond donors (Lipinski definition) is 3. The van der Waals surface area contributed by atoms with Crippen molar-refractivity contribution in [2.24, 2.45) is 4.99 Å². The minimum Gasteiger partial charge on any atom is -0.356 e. The van der Waals surface area contributed by atoms with Crippen LogP contribution >= 0.6 is 24.0 Å². The van der Waals surface area contributed by atoms with E-state index in [1.807, 2.05) is 0 Å². The molecule has 0 saturated heterocycles. The van der Waals surface area contributed by atoms with Crippen molar-refractivity contribution in [3.05, 3.63) is 12.2 Å². The molecule has 0 atom stereocenters. The molecular formula is C16H29IN4O. The molecule has 0 radical (unpaired) electrons. The predicted octanol–water partition coefficient (Wildman–Crippen LogP) is 2.33. The number of aliphatic imine (C=N–C) groups is 1. The first kappa shape index (κ1) is 19.3. The van der Waals surface area contributed by atoms with Crippen molar-refractivity contribution < 1.29 is 4.79 Å². The van der Waals surface area contributed by atoms with E-state index in [2.05, 4.69) is 33.1 Å². The van der Waals surface area contributed by atoms with Crippen molar-refractivity contribution in [2.45, 2.75) is 63.5 Å². The van der Waals surface area contributed by atoms with Gasteiger partial charge in [-0.1, -0.05) is 31.4 Å². The highest BCUT2D eigenvalue weighted by atomic mass is 127. The first-order chi connectivity index (χ1) is 10.3. The normalized spacial score (nSPS) is 19.6. The quantitative estimate of drug-likeness (QED) is 0.277. The summed E-state index contributed by atoms with van der Waals surface area (Å²) in [7, 11) is 1.76. The zero-order chi connectivity index (χ0) is 14.9. The van der Waals surface area contributed by atoms with Crippen LogP contribution in [0.15, 0.2) is 17.1 Å². The minimum atomic E-state index is 0. The summed E-state index contributed by atoms with van der Waals surface area (Å²) < 4.78 is 0. The molecule has 2 aliphatic carbocycles. The highest BCUT2D eigenvalue weighted by molar-refractivity contribution is 14.0. The number of rotatable bonds is 5. The SMILES string of the molecule is CN=C(NCCC(=O)NC1CCCCC1)NC1CC=CC1.I. The average molecular weight is 420 g/mol. The predicted molar refractivity (Wildman–Crippen MR) is 102 cm³/mol. The summed E-state index contributed by atoms with van der Waals surface area (Å²) >= 11 is 0. The largest absolute Gasteiger partial charge is 0.356 e. The maximum Gasteiger partial charge on any atom is 0.221 e. The van der Waals surface area contributed by atoms with Gasteiger partial charge in [0, 0.05) is 32.1 Å². The zero-order valence-electron chi connectivity index (χ0n) is 13.4. The number of carbonyl (C=O) groups excluding carboxylic acids is 1. The molecule has 1 fully saturated rings. The third kappa shape index (κ3) is 6.98. The Kier molecular flexibility index (Phi) is 9.50. The van der Waals surface area contributed by atoms with Crippen LogP contribution in [0.3, 0.4) is 0 Å². The monoisotopic (exact) mass is 420 g/mol. The fourth-order valence-corrected chi connectivity index (χ4v) is 2.96. The topological polar surface area (TPSA) is 65.5 Å². The van der Waals surface area contributed by atoms with Crippen LogP contribution in [0.5, 0.6) is 0 Å². The van der Waals surface area contributed by atoms with Gasteiger partial charge in [0.15, 0.2) is 5.96 Å². The summed E-state index contributed by atoms with van der Waals surface area (Å²) in [5.41, 5.74) is 0. The standard InChI is InChI=1S/C16H28N4O.HI/c1-17-16(20-14-9-5-6-10-14)18-12-11-15(21)19-13-7-3-2-4-8-13;/h5-6,13-14H,2-4,7-12H2,1H3,(H,19,21)(H2,17,18,20);1H. The van der Waals surface area contributed by atoms with Gasteiger partial charge in [-0.15, -0.1) is 24.0 Å². The number of carbonyl (C=O) groups is 1. The molecule has 3 N–H and O–H groups in total. The Labute approximate surface area is 150 Å². The third-order valence-corrected chi connectivity index (χ3v) is 4.19. The molecule has 2 rings (SSSR count). The molecule has 2 aliphatic rings. The molecule has 5 nitrogen and oxygen atoms in total. The van der Waals surface area contributed by atoms with Gasteiger partial charge in [-0.2, -0.15) is 0 Å². The molecule has 0 aromatic heterocycles. The Morgan fingerprint density at radius 1 is 1.09 bits per heavy atom. The lowest BCUT2D eigenvalue weighted by Gasteiger charge is -2.23. The van der Waals surface area contributed by atoms with Gasteiger partial charge >= 0.3 is 0 Å². The Hall–Kier alpha value is -0.790. The van der Waals surface area contributed by atoms with Crippen LogP contribution in [0.2, 0.25) is 0 Å². The molecule has 0 aromatic carbocycles. The van der Waals surface area contributed by atoms with Crippen LogP contribution in [-0.2, 0) is 4.79 Å². The number of nitrogens with one attached hydrogen (secondary N) is 3. The number of guanidine groups is 1. The molecule has 0 spiro atoms. The van der Waals surface area contributed by atoms with Crippen LogP contribution in [0.4, 0.5) is 0 Å². The van der Waals surface area contributed by atoms with E-state index < -0.39 is 0 Å². The number of nitrogens with zero attached hydrogens (tertiary/aromatic N) is 1. The molecular weight excluding hydrogens is 391 g/mol. The van der Waals surface area contributed by atoms with E-state index in [4.69, 9.17) is 0 Å². The Morgan fingerprint density at radius 2 is 1.77 bits per heavy atom. The Bertz CT molecular complexity index is 384. The van der Waals surface area contributed by atoms with Crippen LogP contribution in [0.25, 0.3) is 0 Å². The van der Waals surface area contributed by atoms with E-state index in [1.165, 1.54) is 19.3 Å². The molecule has 1 saturated carbocycles. The lowest BCUT2D eigenvalue weighted by atomic mass is 9.95. The second-order valence-electron chi connectivity index (χ2n) is 5.94. The van der Waals surface area contributed by atoms with Gasteiger partial charge in [-0.25, -0.2) is 0 Å². The first-order valence-corrected chi connectivity index (χ1v) is 8.19. The number of halogens is 1. The third-order valence-electron chi connectivity index (χ3n) is 4.19. The van der Waals surface area contributed by atoms with Crippen LogP contribution in [0.1, 0.15) is 51.4 Å². The van der Waals surface area contributed by atoms with E-state index in [1.54, 1.807) is 7.05 Å². The van der Waals surface area contributed by atoms with E-state index in [9.17, 15) is 4.79 Å². The lowest BCUT2D eigenvalue weighted by molar-refractivity contribution is -0.121. The van der Waals surface area contributed by atoms with Crippen LogP contribution < -0.4 is 16.0 Å². The lowest BCUT2D eigenvalue weighted by Crippen LogP contribution is -2.44. The molecule has 0 unspecified atom stereocenters. The second kappa shape index (κ2) is 10.9. The minimum absolute atomic E-state index is 0. The van der Waals surface area contributed by atoms with Crippen molar-refractivity contribution in [3.63, 3.8) is 0 Å². The summed E-state index contributed by atoms with van der Waals surface area (Å²) in [6.45, 7) is 0.623. The van der Waals surface area contributed by atoms with Gasteiger partial charge in [-0.05, 0) is 25.7 Å². The van der Waals surface area contributed by atoms with Crippen molar-refractivity contribution in [2.75, 3.05) is 13.6 Å². The fourth-order valence-electron chi connectivity index (χ4n) is 2.96. The van der Waals surface area contributed by atoms with Gasteiger partial charge in [-0.3, -0.25) is 9.79 Å². The highest BCUT2D eigenvalue weighted by Gasteiger charge is 2.15. The van der Waals surface area contributed by atoms with Gasteiger partial charge in [0.25, 0.3) is 0 Å². The van der Waals surface area contributed by atoms with E-state index in [0.717, 1.165) is 31.6 Å². The summed E-state index contributed by atoms with van der Waals surface area (Å²) in [5, 5.41) is 9.71. The van der Waals surface area contributed by atoms with Gasteiger partial charge in [0.2, 0.25) is 5.91 Å². The summed E-state index contributed by atoms with van der Waals surface area (Å²) in [5.74, 6) is 0.932. The van der Waals surface area contributed by atoms with Gasteiger partial charge < -0.3 is 16.0 Å². The van der Waals surface area contributed by atoms with Crippen molar-refractivity contribution in [1.82, 2.24) is 16.0 Å². The molecule has 6 heteroatoms. The summed E-state index contributed by atoms with van der Waals surface area (Å²) in [6.07, 6.45) is 13.0. The maximum atomic E-state index is 11.9. The van der Waals surface area contributed by atoms with Gasteiger partial charge in [0.1, 0.15) is 0 Å². The Balaban J connectivity index is 0.00000242. The summed E-state index contributed by atoms with van der Waals surface area (Å²) in [6, 6.07) is 0.834. The smallest absolute Gasteiger partial charge is 0.221 e. The molecule has 22 heavy (non-hydrogen) atoms. The van der Waals surface area contributed by atoms with Crippen molar-refractivity contribution >= 4 is 35.8 Å². The highest BCUT2D eigenvalue weighted by Crippen LogP contribution is 2.17. The number of hydrogen-bond acceptors (Lipinski definition) is 2. The zero-order valence-corrected chi connectivity index (χ0v) is 15.8. The second-order valence-corrected chi connectivity index (χ2v) is 5.94. The van der Waals surface area contributed by atoms with Gasteiger partial charge in [0.05, 0.1) is 0 Å². The molecule has 0 aliphatic heterocycles. The first-order valence-electron chi connectivity index (χ1n) is 8.19.